The van der Waals surface area contributed by atoms with Crippen molar-refractivity contribution in [1.29, 1.82) is 0 Å². The molecule has 3 aliphatic carbocycles. The van der Waals surface area contributed by atoms with Crippen LogP contribution in [0.5, 0.6) is 0 Å². The Balaban J connectivity index is 1.26. The zero-order valence-corrected chi connectivity index (χ0v) is 19.1. The van der Waals surface area contributed by atoms with Crippen molar-refractivity contribution in [3.05, 3.63) is 84.6 Å². The van der Waals surface area contributed by atoms with Crippen LogP contribution in [0.4, 0.5) is 10.5 Å². The Kier molecular flexibility index (Phi) is 5.32. The average Bonchev–Trinajstić information content (AvgIpc) is 3.17. The van der Waals surface area contributed by atoms with Gasteiger partial charge in [-0.2, -0.15) is 0 Å². The second kappa shape index (κ2) is 8.65. The lowest BCUT2D eigenvalue weighted by Crippen LogP contribution is -2.53. The van der Waals surface area contributed by atoms with E-state index in [1.165, 1.54) is 4.90 Å². The van der Waals surface area contributed by atoms with E-state index in [1.807, 2.05) is 54.6 Å². The summed E-state index contributed by atoms with van der Waals surface area (Å²) in [6.07, 6.45) is 7.36. The van der Waals surface area contributed by atoms with Crippen LogP contribution in [0.2, 0.25) is 0 Å². The Morgan fingerprint density at radius 1 is 0.943 bits per heavy atom. The first-order valence-electron chi connectivity index (χ1n) is 12.1. The molecule has 3 aromatic rings. The number of aromatic nitrogens is 1. The van der Waals surface area contributed by atoms with E-state index < -0.39 is 12.2 Å². The van der Waals surface area contributed by atoms with Gasteiger partial charge in [0.25, 0.3) is 0 Å². The molecule has 1 saturated carbocycles. The van der Waals surface area contributed by atoms with Gasteiger partial charge in [0.15, 0.2) is 0 Å². The molecular weight excluding hydrogens is 440 g/mol. The molecule has 5 atom stereocenters. The number of imide groups is 1. The third kappa shape index (κ3) is 3.87. The number of hydrogen-bond donors (Lipinski definition) is 2. The van der Waals surface area contributed by atoms with Crippen LogP contribution in [0.3, 0.4) is 0 Å². The van der Waals surface area contributed by atoms with Crippen molar-refractivity contribution in [1.82, 2.24) is 15.2 Å². The number of hydrogen-bond acceptors (Lipinski definition) is 4. The molecule has 2 N–H and O–H groups in total. The number of carbonyl (C=O) groups excluding carboxylic acids is 3. The molecule has 4 aliphatic rings. The summed E-state index contributed by atoms with van der Waals surface area (Å²) in [5.74, 6) is -0.772. The maximum Gasteiger partial charge on any atom is 0.320 e. The second-order valence-corrected chi connectivity index (χ2v) is 9.60. The zero-order valence-electron chi connectivity index (χ0n) is 19.1. The number of benzene rings is 2. The van der Waals surface area contributed by atoms with Gasteiger partial charge in [-0.25, -0.2) is 4.79 Å². The van der Waals surface area contributed by atoms with Gasteiger partial charge in [0, 0.05) is 23.7 Å². The molecule has 35 heavy (non-hydrogen) atoms. The highest BCUT2D eigenvalue weighted by Crippen LogP contribution is 2.50. The van der Waals surface area contributed by atoms with Crippen LogP contribution < -0.4 is 10.6 Å². The molecule has 7 nitrogen and oxygen atoms in total. The number of pyridine rings is 1. The van der Waals surface area contributed by atoms with Gasteiger partial charge in [0.05, 0.1) is 17.4 Å². The number of amides is 4. The predicted octanol–water partition coefficient (Wildman–Crippen LogP) is 4.12. The molecule has 2 fully saturated rings. The van der Waals surface area contributed by atoms with Crippen LogP contribution in [0, 0.1) is 23.7 Å². The maximum atomic E-state index is 13.6. The number of fused-ring (bicyclic) bond motifs is 2. The van der Waals surface area contributed by atoms with Gasteiger partial charge >= 0.3 is 6.03 Å². The molecule has 2 aromatic carbocycles. The summed E-state index contributed by atoms with van der Waals surface area (Å²) in [6.45, 7) is 0. The minimum absolute atomic E-state index is 0.101. The van der Waals surface area contributed by atoms with Crippen LogP contribution >= 0.6 is 0 Å². The fraction of sp³-hybridized carbons (Fsp3) is 0.286. The van der Waals surface area contributed by atoms with Crippen molar-refractivity contribution >= 4 is 34.4 Å². The highest BCUT2D eigenvalue weighted by atomic mass is 16.2. The van der Waals surface area contributed by atoms with Crippen molar-refractivity contribution < 1.29 is 14.4 Å². The topological polar surface area (TPSA) is 91.4 Å². The van der Waals surface area contributed by atoms with Gasteiger partial charge in [-0.3, -0.25) is 19.5 Å². The van der Waals surface area contributed by atoms with Crippen molar-refractivity contribution in [3.63, 3.8) is 0 Å². The molecular formula is C28H26N4O3. The average molecular weight is 467 g/mol. The van der Waals surface area contributed by atoms with Crippen molar-refractivity contribution in [2.75, 3.05) is 5.32 Å². The van der Waals surface area contributed by atoms with Crippen LogP contribution in [0.25, 0.3) is 10.9 Å². The Hall–Kier alpha value is -4.00. The zero-order chi connectivity index (χ0) is 23.9. The molecule has 1 saturated heterocycles. The Morgan fingerprint density at radius 3 is 2.34 bits per heavy atom. The highest BCUT2D eigenvalue weighted by Gasteiger charge is 2.58. The lowest BCUT2D eigenvalue weighted by atomic mass is 9.63. The number of likely N-dealkylation sites (tertiary alicyclic amines) is 1. The number of nitrogens with one attached hydrogen (secondary N) is 2. The van der Waals surface area contributed by atoms with Gasteiger partial charge in [-0.05, 0) is 54.5 Å². The third-order valence-corrected chi connectivity index (χ3v) is 7.54. The van der Waals surface area contributed by atoms with E-state index in [0.29, 0.717) is 12.1 Å². The summed E-state index contributed by atoms with van der Waals surface area (Å²) in [5.41, 5.74) is 2.38. The molecule has 0 radical (unpaired) electrons. The first-order chi connectivity index (χ1) is 17.1. The molecule has 176 valence electrons. The molecule has 7 heteroatoms. The number of anilines is 1. The largest absolute Gasteiger partial charge is 0.320 e. The Labute approximate surface area is 203 Å². The first-order valence-corrected chi connectivity index (χ1v) is 12.1. The first kappa shape index (κ1) is 21.5. The Bertz CT molecular complexity index is 1310. The predicted molar refractivity (Wildman–Crippen MR) is 132 cm³/mol. The van der Waals surface area contributed by atoms with Crippen molar-refractivity contribution in [3.8, 4) is 0 Å². The van der Waals surface area contributed by atoms with Crippen molar-refractivity contribution in [2.24, 2.45) is 23.7 Å². The van der Waals surface area contributed by atoms with E-state index in [0.717, 1.165) is 29.3 Å². The van der Waals surface area contributed by atoms with E-state index in [2.05, 4.69) is 27.8 Å². The molecule has 1 aromatic heterocycles. The van der Waals surface area contributed by atoms with Crippen LogP contribution in [0.1, 0.15) is 18.4 Å². The van der Waals surface area contributed by atoms with Crippen LogP contribution in [-0.4, -0.2) is 33.9 Å². The lowest BCUT2D eigenvalue weighted by Gasteiger charge is -2.38. The number of allylic oxidation sites excluding steroid dienone is 2. The van der Waals surface area contributed by atoms with E-state index >= 15 is 0 Å². The second-order valence-electron chi connectivity index (χ2n) is 9.60. The van der Waals surface area contributed by atoms with E-state index in [9.17, 15) is 14.4 Å². The lowest BCUT2D eigenvalue weighted by molar-refractivity contribution is -0.143. The van der Waals surface area contributed by atoms with Gasteiger partial charge in [-0.1, -0.05) is 48.6 Å². The number of nitrogens with zero attached hydrogens (tertiary/aromatic N) is 2. The third-order valence-electron chi connectivity index (χ3n) is 7.54. The monoisotopic (exact) mass is 466 g/mol. The van der Waals surface area contributed by atoms with Gasteiger partial charge < -0.3 is 10.6 Å². The molecule has 5 unspecified atom stereocenters. The fourth-order valence-corrected chi connectivity index (χ4v) is 5.92. The van der Waals surface area contributed by atoms with Crippen LogP contribution in [0.15, 0.2) is 79.0 Å². The molecule has 7 rings (SSSR count). The van der Waals surface area contributed by atoms with E-state index in [1.54, 1.807) is 12.3 Å². The molecule has 2 heterocycles. The maximum absolute atomic E-state index is 13.6. The van der Waals surface area contributed by atoms with Crippen molar-refractivity contribution in [2.45, 2.75) is 25.4 Å². The molecule has 0 spiro atoms. The minimum Gasteiger partial charge on any atom is -0.317 e. The number of rotatable bonds is 5. The normalized spacial score (nSPS) is 25.5. The summed E-state index contributed by atoms with van der Waals surface area (Å²) >= 11 is 0. The smallest absolute Gasteiger partial charge is 0.317 e. The molecule has 1 aliphatic heterocycles. The standard InChI is InChI=1S/C28H26N4O3/c33-26-24-18-8-9-19(11-10-18)25(24)27(34)32(26)23(15-17-5-2-1-3-6-17)31-28(35)30-21-12-13-22-20(16-21)7-4-14-29-22/h1-9,12-14,16,18-19,23-25H,10-11,15H2,(H2,30,31,35). The van der Waals surface area contributed by atoms with Crippen LogP contribution in [-0.2, 0) is 16.0 Å². The minimum atomic E-state index is -0.774. The fourth-order valence-electron chi connectivity index (χ4n) is 5.92. The summed E-state index contributed by atoms with van der Waals surface area (Å²) in [5, 5.41) is 6.69. The number of urea groups is 1. The molecule has 2 bridgehead atoms. The summed E-state index contributed by atoms with van der Waals surface area (Å²) in [6, 6.07) is 18.4. The SMILES string of the molecule is O=C(Nc1ccc2ncccc2c1)NC(Cc1ccccc1)N1C(=O)C2C3C=CC(CC3)C2C1=O. The summed E-state index contributed by atoms with van der Waals surface area (Å²) in [7, 11) is 0. The summed E-state index contributed by atoms with van der Waals surface area (Å²) < 4.78 is 0. The molecule has 4 amide bonds. The highest BCUT2D eigenvalue weighted by molar-refractivity contribution is 6.06. The van der Waals surface area contributed by atoms with Gasteiger partial charge in [0.2, 0.25) is 11.8 Å². The van der Waals surface area contributed by atoms with E-state index in [4.69, 9.17) is 0 Å². The Morgan fingerprint density at radius 2 is 1.66 bits per heavy atom. The van der Waals surface area contributed by atoms with Gasteiger partial charge in [-0.15, -0.1) is 0 Å². The number of carbonyl (C=O) groups is 3. The summed E-state index contributed by atoms with van der Waals surface area (Å²) in [4.78, 5) is 45.8. The van der Waals surface area contributed by atoms with E-state index in [-0.39, 0.29) is 35.5 Å². The van der Waals surface area contributed by atoms with Gasteiger partial charge in [0.1, 0.15) is 6.17 Å². The quantitative estimate of drug-likeness (QED) is 0.437.